The van der Waals surface area contributed by atoms with Gasteiger partial charge in [-0.3, -0.25) is 0 Å². The zero-order valence-corrected chi connectivity index (χ0v) is 35.6. The minimum atomic E-state index is -0.279. The number of phenolic OH excluding ortho intramolecular Hbond substituents is 2. The molecule has 1 unspecified atom stereocenters. The molecule has 0 radical (unpaired) electrons. The van der Waals surface area contributed by atoms with Crippen LogP contribution in [0.5, 0.6) is 11.5 Å². The number of nitrogens with zero attached hydrogens (tertiary/aromatic N) is 3. The molecule has 306 valence electrons. The highest BCUT2D eigenvalue weighted by atomic mass is 16.3. The first-order valence-electron chi connectivity index (χ1n) is 21.8. The molecule has 2 N–H and O–H groups in total. The van der Waals surface area contributed by atoms with Gasteiger partial charge in [-0.2, -0.15) is 0 Å². The number of aryl methyl sites for hydroxylation is 2. The summed E-state index contributed by atoms with van der Waals surface area (Å²) in [6.45, 7) is 6.74. The molecule has 1 aliphatic carbocycles. The van der Waals surface area contributed by atoms with Gasteiger partial charge in [0.15, 0.2) is 0 Å². The SMILES string of the molecule is CCc1cc2c(cc1-c1ccccc1C)c1ccccc1n2-c1ccc(N(c2ccc(O)cc2)c2ccc(C3(C)C=Cc4c(c5cc(O)ccc5n4-c4ccccc4)C3)cc2)cc1. The van der Waals surface area contributed by atoms with Crippen LogP contribution in [0.2, 0.25) is 0 Å². The molecule has 8 aromatic carbocycles. The molecule has 0 bridgehead atoms. The van der Waals surface area contributed by atoms with E-state index in [0.717, 1.165) is 57.9 Å². The molecule has 0 fully saturated rings. The average molecular weight is 818 g/mol. The van der Waals surface area contributed by atoms with Crippen molar-refractivity contribution in [2.24, 2.45) is 0 Å². The van der Waals surface area contributed by atoms with Crippen molar-refractivity contribution in [2.45, 2.75) is 39.0 Å². The van der Waals surface area contributed by atoms with Crippen molar-refractivity contribution < 1.29 is 10.2 Å². The monoisotopic (exact) mass is 817 g/mol. The third kappa shape index (κ3) is 6.39. The smallest absolute Gasteiger partial charge is 0.116 e. The molecule has 5 nitrogen and oxygen atoms in total. The molecular weight excluding hydrogens is 771 g/mol. The van der Waals surface area contributed by atoms with Crippen LogP contribution < -0.4 is 4.90 Å². The number of para-hydroxylation sites is 2. The van der Waals surface area contributed by atoms with Crippen LogP contribution in [-0.2, 0) is 18.3 Å². The van der Waals surface area contributed by atoms with E-state index in [0.29, 0.717) is 0 Å². The zero-order valence-electron chi connectivity index (χ0n) is 35.6. The van der Waals surface area contributed by atoms with Crippen molar-refractivity contribution in [2.75, 3.05) is 4.90 Å². The van der Waals surface area contributed by atoms with E-state index in [9.17, 15) is 10.2 Å². The summed E-state index contributed by atoms with van der Waals surface area (Å²) < 4.78 is 4.70. The maximum atomic E-state index is 10.6. The molecule has 63 heavy (non-hydrogen) atoms. The Labute approximate surface area is 367 Å². The quantitative estimate of drug-likeness (QED) is 0.161. The summed E-state index contributed by atoms with van der Waals surface area (Å²) in [5, 5.41) is 24.5. The molecule has 0 aliphatic heterocycles. The van der Waals surface area contributed by atoms with Crippen molar-refractivity contribution >= 4 is 55.8 Å². The summed E-state index contributed by atoms with van der Waals surface area (Å²) >= 11 is 0. The second kappa shape index (κ2) is 15.0. The van der Waals surface area contributed by atoms with Gasteiger partial charge in [0.25, 0.3) is 0 Å². The Morgan fingerprint density at radius 1 is 0.540 bits per heavy atom. The Kier molecular flexibility index (Phi) is 9.09. The summed E-state index contributed by atoms with van der Waals surface area (Å²) in [6.07, 6.45) is 6.31. The second-order valence-electron chi connectivity index (χ2n) is 17.1. The lowest BCUT2D eigenvalue weighted by molar-refractivity contribution is 0.475. The Morgan fingerprint density at radius 3 is 1.89 bits per heavy atom. The molecule has 0 saturated carbocycles. The van der Waals surface area contributed by atoms with Crippen LogP contribution in [0.4, 0.5) is 17.1 Å². The molecule has 2 heterocycles. The van der Waals surface area contributed by atoms with Gasteiger partial charge in [-0.05, 0) is 168 Å². The number of hydrogen-bond donors (Lipinski definition) is 2. The molecule has 11 rings (SSSR count). The lowest BCUT2D eigenvalue weighted by Crippen LogP contribution is -2.25. The summed E-state index contributed by atoms with van der Waals surface area (Å²) in [6, 6.07) is 63.5. The summed E-state index contributed by atoms with van der Waals surface area (Å²) in [4.78, 5) is 2.25. The number of benzene rings is 8. The highest BCUT2D eigenvalue weighted by Crippen LogP contribution is 2.44. The van der Waals surface area contributed by atoms with Crippen LogP contribution >= 0.6 is 0 Å². The first-order chi connectivity index (χ1) is 30.8. The van der Waals surface area contributed by atoms with Crippen LogP contribution in [0.25, 0.3) is 61.3 Å². The predicted molar refractivity (Wildman–Crippen MR) is 262 cm³/mol. The Morgan fingerprint density at radius 2 is 1.16 bits per heavy atom. The van der Waals surface area contributed by atoms with E-state index in [1.807, 2.05) is 30.3 Å². The molecule has 10 aromatic rings. The van der Waals surface area contributed by atoms with Gasteiger partial charge in [0.05, 0.1) is 16.6 Å². The fraction of sp³-hybridized carbons (Fsp3) is 0.103. The normalized spacial score (nSPS) is 14.7. The number of anilines is 3. The van der Waals surface area contributed by atoms with Crippen LogP contribution in [0, 0.1) is 6.92 Å². The Balaban J connectivity index is 0.969. The number of hydrogen-bond acceptors (Lipinski definition) is 3. The average Bonchev–Trinajstić information content (AvgIpc) is 3.81. The van der Waals surface area contributed by atoms with Gasteiger partial charge in [-0.1, -0.05) is 92.7 Å². The van der Waals surface area contributed by atoms with Crippen LogP contribution in [0.15, 0.2) is 188 Å². The zero-order chi connectivity index (χ0) is 42.8. The van der Waals surface area contributed by atoms with E-state index >= 15 is 0 Å². The number of aromatic hydroxyl groups is 2. The van der Waals surface area contributed by atoms with Crippen molar-refractivity contribution in [3.05, 3.63) is 216 Å². The first kappa shape index (κ1) is 38.2. The van der Waals surface area contributed by atoms with Gasteiger partial charge >= 0.3 is 0 Å². The van der Waals surface area contributed by atoms with Gasteiger partial charge in [-0.25, -0.2) is 0 Å². The topological polar surface area (TPSA) is 53.6 Å². The third-order valence-corrected chi connectivity index (χ3v) is 13.2. The van der Waals surface area contributed by atoms with Gasteiger partial charge in [-0.15, -0.1) is 0 Å². The van der Waals surface area contributed by atoms with E-state index < -0.39 is 0 Å². The Bertz CT molecular complexity index is 3380. The van der Waals surface area contributed by atoms with E-state index in [4.69, 9.17) is 0 Å². The number of phenols is 2. The highest BCUT2D eigenvalue weighted by Gasteiger charge is 2.32. The van der Waals surface area contributed by atoms with E-state index in [-0.39, 0.29) is 16.9 Å². The van der Waals surface area contributed by atoms with Gasteiger partial charge in [0.1, 0.15) is 11.5 Å². The standard InChI is InChI=1S/C58H47N3O2/c1-4-39-34-57-52(36-50(39)48-15-9-8-12-38(48)2)49-16-10-11-17-54(49)61(57)45-24-22-43(23-25-45)59(44-26-28-46(62)29-27-44)42-20-18-40(19-21-42)58(3)33-32-56-53(37-58)51-35-47(63)30-31-55(51)60(56)41-13-6-5-7-14-41/h5-36,62-63H,4,37H2,1-3H3. The van der Waals surface area contributed by atoms with Gasteiger partial charge in [0.2, 0.25) is 0 Å². The van der Waals surface area contributed by atoms with Crippen molar-refractivity contribution in [3.8, 4) is 34.0 Å². The lowest BCUT2D eigenvalue weighted by Gasteiger charge is -2.31. The fourth-order valence-electron chi connectivity index (χ4n) is 10.0. The predicted octanol–water partition coefficient (Wildman–Crippen LogP) is 14.7. The second-order valence-corrected chi connectivity index (χ2v) is 17.1. The molecule has 0 spiro atoms. The third-order valence-electron chi connectivity index (χ3n) is 13.2. The molecular formula is C58H47N3O2. The van der Waals surface area contributed by atoms with Gasteiger partial charge in [0, 0.05) is 55.7 Å². The molecule has 0 amide bonds. The first-order valence-corrected chi connectivity index (χ1v) is 21.8. The lowest BCUT2D eigenvalue weighted by atomic mass is 9.74. The fourth-order valence-corrected chi connectivity index (χ4v) is 10.0. The largest absolute Gasteiger partial charge is 0.508 e. The molecule has 1 aliphatic rings. The van der Waals surface area contributed by atoms with E-state index in [2.05, 4.69) is 180 Å². The maximum absolute atomic E-state index is 10.6. The number of rotatable bonds is 8. The molecule has 0 saturated heterocycles. The molecule has 2 aromatic heterocycles. The number of aromatic nitrogens is 2. The van der Waals surface area contributed by atoms with Crippen LogP contribution in [0.3, 0.4) is 0 Å². The number of allylic oxidation sites excluding steroid dienone is 1. The Hall–Kier alpha value is -7.76. The highest BCUT2D eigenvalue weighted by molar-refractivity contribution is 6.11. The minimum absolute atomic E-state index is 0.228. The van der Waals surface area contributed by atoms with Gasteiger partial charge < -0.3 is 24.2 Å². The maximum Gasteiger partial charge on any atom is 0.116 e. The van der Waals surface area contributed by atoms with Crippen LogP contribution in [0.1, 0.15) is 41.8 Å². The minimum Gasteiger partial charge on any atom is -0.508 e. The summed E-state index contributed by atoms with van der Waals surface area (Å²) in [7, 11) is 0. The van der Waals surface area contributed by atoms with Crippen LogP contribution in [-0.4, -0.2) is 19.3 Å². The van der Waals surface area contributed by atoms with Crippen molar-refractivity contribution in [1.82, 2.24) is 9.13 Å². The van der Waals surface area contributed by atoms with Crippen molar-refractivity contribution in [3.63, 3.8) is 0 Å². The summed E-state index contributed by atoms with van der Waals surface area (Å²) in [5.41, 5.74) is 17.1. The van der Waals surface area contributed by atoms with E-state index in [1.54, 1.807) is 18.2 Å². The molecule has 5 heteroatoms. The van der Waals surface area contributed by atoms with E-state index in [1.165, 1.54) is 55.2 Å². The number of fused-ring (bicyclic) bond motifs is 6. The molecule has 1 atom stereocenters. The van der Waals surface area contributed by atoms with Crippen molar-refractivity contribution in [1.29, 1.82) is 0 Å². The summed E-state index contributed by atoms with van der Waals surface area (Å²) in [5.74, 6) is 0.498.